The van der Waals surface area contributed by atoms with E-state index in [1.165, 1.54) is 17.3 Å². The number of fused-ring (bicyclic) bond motifs is 1. The van der Waals surface area contributed by atoms with Gasteiger partial charge in [0.1, 0.15) is 5.82 Å². The van der Waals surface area contributed by atoms with Crippen molar-refractivity contribution >= 4 is 46.7 Å². The molecule has 2 amide bonds. The van der Waals surface area contributed by atoms with E-state index < -0.39 is 17.4 Å². The van der Waals surface area contributed by atoms with E-state index in [1.807, 2.05) is 30.3 Å². The van der Waals surface area contributed by atoms with Gasteiger partial charge in [-0.2, -0.15) is 0 Å². The van der Waals surface area contributed by atoms with Gasteiger partial charge in [0, 0.05) is 22.9 Å². The third-order valence-electron chi connectivity index (χ3n) is 4.83. The van der Waals surface area contributed by atoms with Crippen LogP contribution in [-0.2, 0) is 16.0 Å². The Labute approximate surface area is 187 Å². The summed E-state index contributed by atoms with van der Waals surface area (Å²) in [7, 11) is 0. The van der Waals surface area contributed by atoms with Crippen LogP contribution in [0.3, 0.4) is 0 Å². The van der Waals surface area contributed by atoms with Crippen LogP contribution in [0.4, 0.5) is 11.5 Å². The zero-order valence-corrected chi connectivity index (χ0v) is 17.9. The molecular weight excluding hydrogens is 436 g/mol. The molecular formula is C22H19ClN4O3S. The standard InChI is InChI=1S/C22H19ClN4O3S/c23-14-6-8-15(9-7-14)24-20(29)16-12-17(28)25-19-18(16)21(30)27-22(26-19)31-11-10-13-4-2-1-3-5-13/h1-9,16H,10-12H2,(H,24,29)(H2,25,26,27,28,30)/t16-/m0/s1. The third kappa shape index (κ3) is 5.15. The van der Waals surface area contributed by atoms with Crippen LogP contribution >= 0.6 is 23.4 Å². The van der Waals surface area contributed by atoms with Crippen molar-refractivity contribution < 1.29 is 9.59 Å². The number of thioether (sulfide) groups is 1. The molecule has 0 saturated carbocycles. The van der Waals surface area contributed by atoms with Crippen LogP contribution in [0, 0.1) is 0 Å². The molecule has 4 rings (SSSR count). The number of H-pyrrole nitrogens is 1. The molecule has 1 aliphatic heterocycles. The number of aromatic amines is 1. The highest BCUT2D eigenvalue weighted by Gasteiger charge is 2.34. The lowest BCUT2D eigenvalue weighted by molar-refractivity contribution is -0.123. The second kappa shape index (κ2) is 9.36. The molecule has 0 radical (unpaired) electrons. The van der Waals surface area contributed by atoms with Crippen molar-refractivity contribution in [1.29, 1.82) is 0 Å². The molecule has 0 unspecified atom stereocenters. The first kappa shape index (κ1) is 21.1. The molecule has 0 bridgehead atoms. The zero-order chi connectivity index (χ0) is 21.8. The first-order chi connectivity index (χ1) is 15.0. The molecule has 0 fully saturated rings. The van der Waals surface area contributed by atoms with Gasteiger partial charge in [-0.3, -0.25) is 14.4 Å². The summed E-state index contributed by atoms with van der Waals surface area (Å²) in [4.78, 5) is 44.9. The van der Waals surface area contributed by atoms with Crippen molar-refractivity contribution in [1.82, 2.24) is 9.97 Å². The summed E-state index contributed by atoms with van der Waals surface area (Å²) in [6, 6.07) is 16.6. The van der Waals surface area contributed by atoms with Gasteiger partial charge in [0.2, 0.25) is 11.8 Å². The molecule has 3 N–H and O–H groups in total. The number of hydrogen-bond donors (Lipinski definition) is 3. The highest BCUT2D eigenvalue weighted by atomic mass is 35.5. The van der Waals surface area contributed by atoms with Crippen molar-refractivity contribution in [3.8, 4) is 0 Å². The Balaban J connectivity index is 1.51. The summed E-state index contributed by atoms with van der Waals surface area (Å²) in [5.41, 5.74) is 1.45. The van der Waals surface area contributed by atoms with Crippen molar-refractivity contribution in [2.24, 2.45) is 0 Å². The van der Waals surface area contributed by atoms with Gasteiger partial charge in [0.25, 0.3) is 5.56 Å². The largest absolute Gasteiger partial charge is 0.326 e. The smallest absolute Gasteiger partial charge is 0.257 e. The van der Waals surface area contributed by atoms with E-state index in [9.17, 15) is 14.4 Å². The van der Waals surface area contributed by atoms with Crippen LogP contribution in [0.2, 0.25) is 5.02 Å². The number of carbonyl (C=O) groups excluding carboxylic acids is 2. The van der Waals surface area contributed by atoms with E-state index in [2.05, 4.69) is 20.6 Å². The van der Waals surface area contributed by atoms with Crippen LogP contribution in [0.15, 0.2) is 64.5 Å². The fourth-order valence-corrected chi connectivity index (χ4v) is 4.29. The third-order valence-corrected chi connectivity index (χ3v) is 5.96. The molecule has 0 saturated heterocycles. The molecule has 0 spiro atoms. The molecule has 1 aliphatic rings. The first-order valence-corrected chi connectivity index (χ1v) is 11.0. The van der Waals surface area contributed by atoms with E-state index in [1.54, 1.807) is 24.3 Å². The minimum absolute atomic E-state index is 0.127. The SMILES string of the molecule is O=C1C[C@H](C(=O)Nc2ccc(Cl)cc2)c2c(nc(SCCc3ccccc3)[nH]c2=O)N1. The molecule has 1 aromatic heterocycles. The lowest BCUT2D eigenvalue weighted by Gasteiger charge is -2.23. The molecule has 2 heterocycles. The lowest BCUT2D eigenvalue weighted by atomic mass is 9.92. The summed E-state index contributed by atoms with van der Waals surface area (Å²) in [6.45, 7) is 0. The predicted octanol–water partition coefficient (Wildman–Crippen LogP) is 3.82. The van der Waals surface area contributed by atoms with E-state index in [4.69, 9.17) is 11.6 Å². The van der Waals surface area contributed by atoms with Crippen molar-refractivity contribution in [2.75, 3.05) is 16.4 Å². The van der Waals surface area contributed by atoms with Crippen LogP contribution in [-0.4, -0.2) is 27.5 Å². The van der Waals surface area contributed by atoms with Crippen LogP contribution in [0.25, 0.3) is 0 Å². The van der Waals surface area contributed by atoms with Gasteiger partial charge in [-0.15, -0.1) is 0 Å². The molecule has 3 aromatic rings. The second-order valence-electron chi connectivity index (χ2n) is 7.02. The maximum atomic E-state index is 12.8. The quantitative estimate of drug-likeness (QED) is 0.388. The molecule has 1 atom stereocenters. The predicted molar refractivity (Wildman–Crippen MR) is 122 cm³/mol. The number of anilines is 2. The van der Waals surface area contributed by atoms with Gasteiger partial charge in [0.05, 0.1) is 11.5 Å². The molecule has 31 heavy (non-hydrogen) atoms. The van der Waals surface area contributed by atoms with Gasteiger partial charge in [-0.1, -0.05) is 53.7 Å². The van der Waals surface area contributed by atoms with Gasteiger partial charge in [0.15, 0.2) is 5.16 Å². The molecule has 2 aromatic carbocycles. The van der Waals surface area contributed by atoms with Gasteiger partial charge in [-0.05, 0) is 36.2 Å². The van der Waals surface area contributed by atoms with Gasteiger partial charge in [-0.25, -0.2) is 4.98 Å². The number of halogens is 1. The average Bonchev–Trinajstić information content (AvgIpc) is 2.75. The minimum atomic E-state index is -0.931. The monoisotopic (exact) mass is 454 g/mol. The zero-order valence-electron chi connectivity index (χ0n) is 16.4. The molecule has 7 nitrogen and oxygen atoms in total. The van der Waals surface area contributed by atoms with Crippen molar-refractivity contribution in [3.63, 3.8) is 0 Å². The number of carbonyl (C=O) groups is 2. The van der Waals surface area contributed by atoms with Gasteiger partial charge < -0.3 is 15.6 Å². The summed E-state index contributed by atoms with van der Waals surface area (Å²) in [6.07, 6.45) is 0.683. The second-order valence-corrected chi connectivity index (χ2v) is 8.54. The fourth-order valence-electron chi connectivity index (χ4n) is 3.32. The van der Waals surface area contributed by atoms with E-state index in [-0.39, 0.29) is 23.7 Å². The number of aryl methyl sites for hydroxylation is 1. The summed E-state index contributed by atoms with van der Waals surface area (Å²) in [5, 5.41) is 6.30. The van der Waals surface area contributed by atoms with Crippen molar-refractivity contribution in [2.45, 2.75) is 23.9 Å². The summed E-state index contributed by atoms with van der Waals surface area (Å²) in [5.74, 6) is -0.894. The normalized spacial score (nSPS) is 15.1. The Morgan fingerprint density at radius 3 is 2.61 bits per heavy atom. The maximum Gasteiger partial charge on any atom is 0.257 e. The van der Waals surface area contributed by atoms with Crippen LogP contribution < -0.4 is 16.2 Å². The number of amides is 2. The molecule has 9 heteroatoms. The number of hydrogen-bond acceptors (Lipinski definition) is 5. The van der Waals surface area contributed by atoms with Crippen LogP contribution in [0.1, 0.15) is 23.5 Å². The topological polar surface area (TPSA) is 104 Å². The number of nitrogens with one attached hydrogen (secondary N) is 3. The fraction of sp³-hybridized carbons (Fsp3) is 0.182. The Bertz CT molecular complexity index is 1170. The summed E-state index contributed by atoms with van der Waals surface area (Å²) >= 11 is 7.25. The van der Waals surface area contributed by atoms with E-state index in [0.717, 1.165) is 6.42 Å². The molecule has 158 valence electrons. The Kier molecular flexibility index (Phi) is 6.39. The Morgan fingerprint density at radius 1 is 1.13 bits per heavy atom. The average molecular weight is 455 g/mol. The number of nitrogens with zero attached hydrogens (tertiary/aromatic N) is 1. The Hall–Kier alpha value is -3.10. The van der Waals surface area contributed by atoms with Crippen molar-refractivity contribution in [3.05, 3.63) is 81.1 Å². The number of rotatable bonds is 6. The van der Waals surface area contributed by atoms with E-state index in [0.29, 0.717) is 21.6 Å². The Morgan fingerprint density at radius 2 is 1.87 bits per heavy atom. The number of benzene rings is 2. The highest BCUT2D eigenvalue weighted by molar-refractivity contribution is 7.99. The number of aromatic nitrogens is 2. The molecule has 0 aliphatic carbocycles. The maximum absolute atomic E-state index is 12.8. The van der Waals surface area contributed by atoms with E-state index >= 15 is 0 Å². The highest BCUT2D eigenvalue weighted by Crippen LogP contribution is 2.30. The first-order valence-electron chi connectivity index (χ1n) is 9.67. The van der Waals surface area contributed by atoms with Gasteiger partial charge >= 0.3 is 0 Å². The summed E-state index contributed by atoms with van der Waals surface area (Å²) < 4.78 is 0. The van der Waals surface area contributed by atoms with Crippen LogP contribution in [0.5, 0.6) is 0 Å². The lowest BCUT2D eigenvalue weighted by Crippen LogP contribution is -2.36. The minimum Gasteiger partial charge on any atom is -0.326 e.